The SMILES string of the molecule is COc1ccc(C2=N[C@H](C(Cc3ccccc3)(Cc3ccccc3)Op3oc4ccc5ccccc5c4c4c(ccc5ccccc54)o3)CO2)cc1. The molecule has 0 unspecified atom stereocenters. The molecule has 1 aromatic heterocycles. The summed E-state index contributed by atoms with van der Waals surface area (Å²) in [6.07, 6.45) is 1.10. The molecule has 0 fully saturated rings. The Hall–Kier alpha value is -5.81. The third kappa shape index (κ3) is 6.11. The molecular formula is C45H36NO5P. The molecule has 0 bridgehead atoms. The van der Waals surface area contributed by atoms with Gasteiger partial charge in [0.15, 0.2) is 0 Å². The van der Waals surface area contributed by atoms with E-state index in [9.17, 15) is 0 Å². The Kier molecular flexibility index (Phi) is 8.48. The lowest BCUT2D eigenvalue weighted by molar-refractivity contribution is 0.0715. The molecule has 1 aliphatic heterocycles. The van der Waals surface area contributed by atoms with Gasteiger partial charge in [0.2, 0.25) is 5.90 Å². The summed E-state index contributed by atoms with van der Waals surface area (Å²) < 4.78 is 33.1. The van der Waals surface area contributed by atoms with Gasteiger partial charge in [0.25, 0.3) is 0 Å². The van der Waals surface area contributed by atoms with Crippen LogP contribution >= 0.6 is 8.24 Å². The second kappa shape index (κ2) is 13.7. The molecule has 0 radical (unpaired) electrons. The number of fused-ring (bicyclic) bond motifs is 7. The highest BCUT2D eigenvalue weighted by atomic mass is 31.1. The monoisotopic (exact) mass is 701 g/mol. The maximum atomic E-state index is 7.42. The first-order valence-corrected chi connectivity index (χ1v) is 18.6. The molecule has 0 saturated heterocycles. The fourth-order valence-electron chi connectivity index (χ4n) is 7.38. The second-order valence-corrected chi connectivity index (χ2v) is 14.2. The summed E-state index contributed by atoms with van der Waals surface area (Å²) in [4.78, 5) is 5.27. The molecule has 0 N–H and O–H groups in total. The van der Waals surface area contributed by atoms with Crippen LogP contribution in [0, 0.1) is 0 Å². The number of methoxy groups -OCH3 is 1. The van der Waals surface area contributed by atoms with Crippen molar-refractivity contribution in [3.8, 4) is 5.75 Å². The van der Waals surface area contributed by atoms with E-state index in [2.05, 4.69) is 109 Å². The van der Waals surface area contributed by atoms with E-state index in [1.807, 2.05) is 48.5 Å². The van der Waals surface area contributed by atoms with Gasteiger partial charge in [-0.1, -0.05) is 121 Å². The van der Waals surface area contributed by atoms with Crippen LogP contribution in [0.1, 0.15) is 16.7 Å². The van der Waals surface area contributed by atoms with Crippen LogP contribution in [0.15, 0.2) is 171 Å². The van der Waals surface area contributed by atoms with Crippen LogP contribution in [-0.2, 0) is 17.6 Å². The summed E-state index contributed by atoms with van der Waals surface area (Å²) in [6, 6.07) is 53.4. The second-order valence-electron chi connectivity index (χ2n) is 13.2. The van der Waals surface area contributed by atoms with Gasteiger partial charge in [-0.15, -0.1) is 0 Å². The highest BCUT2D eigenvalue weighted by Gasteiger charge is 2.46. The standard InChI is InChI=1S/C45H36NO5P/c1-47-36-24-20-35(21-25-36)44-46-41(30-48-44)45(28-31-12-4-2-5-13-31,29-32-14-6-3-7-15-32)51-52-49-39-26-22-33-16-8-10-18-37(33)42(39)43-38-19-11-9-17-34(38)23-27-40(43)50-52/h2-27,41H,28-30H2,1H3/t41-/m0/s1. The Labute approximate surface area is 302 Å². The molecular weight excluding hydrogens is 665 g/mol. The summed E-state index contributed by atoms with van der Waals surface area (Å²) in [5.74, 6) is 1.35. The molecule has 7 aromatic carbocycles. The molecule has 0 amide bonds. The number of aliphatic imine (C=N–C) groups is 1. The average molecular weight is 702 g/mol. The van der Waals surface area contributed by atoms with Crippen LogP contribution < -0.4 is 9.26 Å². The molecule has 9 rings (SSSR count). The van der Waals surface area contributed by atoms with E-state index in [4.69, 9.17) is 27.4 Å². The highest BCUT2D eigenvalue weighted by molar-refractivity contribution is 7.31. The van der Waals surface area contributed by atoms with Crippen LogP contribution in [0.25, 0.3) is 43.5 Å². The molecule has 1 aliphatic rings. The van der Waals surface area contributed by atoms with Crippen LogP contribution in [0.5, 0.6) is 5.75 Å². The minimum atomic E-state index is -2.00. The van der Waals surface area contributed by atoms with E-state index in [0.717, 1.165) is 65.9 Å². The molecule has 0 spiro atoms. The van der Waals surface area contributed by atoms with Crippen molar-refractivity contribution in [3.05, 3.63) is 174 Å². The van der Waals surface area contributed by atoms with E-state index in [1.165, 1.54) is 0 Å². The van der Waals surface area contributed by atoms with Crippen molar-refractivity contribution in [2.24, 2.45) is 4.99 Å². The Morgan fingerprint density at radius 3 is 1.67 bits per heavy atom. The zero-order chi connectivity index (χ0) is 34.9. The summed E-state index contributed by atoms with van der Waals surface area (Å²) in [5.41, 5.74) is 3.65. The third-order valence-electron chi connectivity index (χ3n) is 9.92. The van der Waals surface area contributed by atoms with Gasteiger partial charge in [0, 0.05) is 29.2 Å². The Morgan fingerprint density at radius 2 is 1.13 bits per heavy atom. The molecule has 2 heterocycles. The number of hydrogen-bond acceptors (Lipinski definition) is 6. The quantitative estimate of drug-likeness (QED) is 0.150. The van der Waals surface area contributed by atoms with Gasteiger partial charge in [0.1, 0.15) is 35.2 Å². The van der Waals surface area contributed by atoms with Crippen LogP contribution in [0.3, 0.4) is 0 Å². The zero-order valence-electron chi connectivity index (χ0n) is 28.6. The number of benzene rings is 7. The van der Waals surface area contributed by atoms with Crippen molar-refractivity contribution in [2.75, 3.05) is 13.7 Å². The average Bonchev–Trinajstić information content (AvgIpc) is 3.64. The van der Waals surface area contributed by atoms with Gasteiger partial charge < -0.3 is 17.9 Å². The first-order chi connectivity index (χ1) is 25.7. The van der Waals surface area contributed by atoms with Gasteiger partial charge in [-0.25, -0.2) is 4.99 Å². The third-order valence-corrected chi connectivity index (χ3v) is 11.1. The van der Waals surface area contributed by atoms with Gasteiger partial charge in [-0.2, -0.15) is 0 Å². The molecule has 8 aromatic rings. The van der Waals surface area contributed by atoms with E-state index in [-0.39, 0.29) is 6.04 Å². The zero-order valence-corrected chi connectivity index (χ0v) is 29.5. The van der Waals surface area contributed by atoms with Crippen LogP contribution in [0.4, 0.5) is 0 Å². The van der Waals surface area contributed by atoms with Gasteiger partial charge >= 0.3 is 8.24 Å². The fourth-order valence-corrected chi connectivity index (χ4v) is 8.66. The molecule has 0 saturated carbocycles. The molecule has 256 valence electrons. The summed E-state index contributed by atoms with van der Waals surface area (Å²) in [5, 5.41) is 6.44. The molecule has 7 heteroatoms. The van der Waals surface area contributed by atoms with Gasteiger partial charge in [-0.05, 0) is 69.1 Å². The summed E-state index contributed by atoms with van der Waals surface area (Å²) in [6.45, 7) is 0.340. The van der Waals surface area contributed by atoms with Crippen molar-refractivity contribution in [3.63, 3.8) is 0 Å². The van der Waals surface area contributed by atoms with E-state index >= 15 is 0 Å². The van der Waals surface area contributed by atoms with Crippen molar-refractivity contribution in [1.29, 1.82) is 0 Å². The van der Waals surface area contributed by atoms with Crippen LogP contribution in [0.2, 0.25) is 0 Å². The lowest BCUT2D eigenvalue weighted by Crippen LogP contribution is -2.51. The lowest BCUT2D eigenvalue weighted by atomic mass is 9.82. The lowest BCUT2D eigenvalue weighted by Gasteiger charge is -2.35. The maximum Gasteiger partial charge on any atom is 0.388 e. The highest BCUT2D eigenvalue weighted by Crippen LogP contribution is 2.44. The van der Waals surface area contributed by atoms with Crippen molar-refractivity contribution >= 4 is 57.6 Å². The Bertz CT molecular complexity index is 2460. The molecule has 0 aliphatic carbocycles. The van der Waals surface area contributed by atoms with Gasteiger partial charge in [0.05, 0.1) is 7.11 Å². The van der Waals surface area contributed by atoms with Crippen molar-refractivity contribution < 1.29 is 22.4 Å². The first kappa shape index (κ1) is 32.1. The molecule has 6 nitrogen and oxygen atoms in total. The Balaban J connectivity index is 1.28. The van der Waals surface area contributed by atoms with Gasteiger partial charge in [-0.3, -0.25) is 4.52 Å². The number of nitrogens with zero attached hydrogens (tertiary/aromatic N) is 1. The summed E-state index contributed by atoms with van der Waals surface area (Å²) in [7, 11) is -0.334. The minimum absolute atomic E-state index is 0.340. The minimum Gasteiger partial charge on any atom is -0.497 e. The predicted molar refractivity (Wildman–Crippen MR) is 210 cm³/mol. The number of ether oxygens (including phenoxy) is 2. The van der Waals surface area contributed by atoms with Crippen LogP contribution in [-0.4, -0.2) is 31.3 Å². The Morgan fingerprint density at radius 1 is 0.615 bits per heavy atom. The first-order valence-electron chi connectivity index (χ1n) is 17.5. The van der Waals surface area contributed by atoms with E-state index in [0.29, 0.717) is 25.3 Å². The fraction of sp³-hybridized carbons (Fsp3) is 0.133. The van der Waals surface area contributed by atoms with Crippen molar-refractivity contribution in [2.45, 2.75) is 24.5 Å². The maximum absolute atomic E-state index is 7.42. The van der Waals surface area contributed by atoms with Crippen molar-refractivity contribution in [1.82, 2.24) is 0 Å². The predicted octanol–water partition coefficient (Wildman–Crippen LogP) is 11.1. The smallest absolute Gasteiger partial charge is 0.388 e. The summed E-state index contributed by atoms with van der Waals surface area (Å²) >= 11 is 0. The normalized spacial score (nSPS) is 14.5. The molecule has 1 atom stereocenters. The number of rotatable bonds is 9. The molecule has 52 heavy (non-hydrogen) atoms. The topological polar surface area (TPSA) is 66.3 Å². The number of hydrogen-bond donors (Lipinski definition) is 0. The van der Waals surface area contributed by atoms with E-state index < -0.39 is 13.8 Å². The van der Waals surface area contributed by atoms with E-state index in [1.54, 1.807) is 7.11 Å². The largest absolute Gasteiger partial charge is 0.497 e.